The van der Waals surface area contributed by atoms with Gasteiger partial charge in [-0.15, -0.1) is 0 Å². The summed E-state index contributed by atoms with van der Waals surface area (Å²) in [5, 5.41) is 0.213. The highest BCUT2D eigenvalue weighted by Crippen LogP contribution is 2.41. The van der Waals surface area contributed by atoms with E-state index in [-0.39, 0.29) is 45.5 Å². The summed E-state index contributed by atoms with van der Waals surface area (Å²) in [6.07, 6.45) is 0.314. The van der Waals surface area contributed by atoms with Crippen LogP contribution in [0.5, 0.6) is 0 Å². The van der Waals surface area contributed by atoms with Crippen molar-refractivity contribution in [2.75, 3.05) is 4.90 Å². The summed E-state index contributed by atoms with van der Waals surface area (Å²) >= 11 is 17.8. The number of aromatic nitrogens is 1. The molecule has 0 spiro atoms. The topological polar surface area (TPSA) is 50.3 Å². The van der Waals surface area contributed by atoms with E-state index in [2.05, 4.69) is 4.98 Å². The lowest BCUT2D eigenvalue weighted by molar-refractivity contribution is -0.121. The van der Waals surface area contributed by atoms with Gasteiger partial charge in [0.05, 0.1) is 16.4 Å². The van der Waals surface area contributed by atoms with Gasteiger partial charge in [-0.1, -0.05) is 34.8 Å². The maximum absolute atomic E-state index is 11.6. The number of nitrogens with zero attached hydrogens (tertiary/aromatic N) is 2. The van der Waals surface area contributed by atoms with Gasteiger partial charge in [0.25, 0.3) is 0 Å². The number of carbonyl (C=O) groups is 2. The molecule has 1 fully saturated rings. The maximum atomic E-state index is 11.6. The molecule has 7 heteroatoms. The normalized spacial score (nSPS) is 15.9. The lowest BCUT2D eigenvalue weighted by Gasteiger charge is -2.18. The number of halogens is 3. The molecule has 0 atom stereocenters. The summed E-state index contributed by atoms with van der Waals surface area (Å²) in [6.45, 7) is 1.62. The summed E-state index contributed by atoms with van der Waals surface area (Å²) in [7, 11) is 0. The van der Waals surface area contributed by atoms with Crippen molar-refractivity contribution < 1.29 is 9.59 Å². The summed E-state index contributed by atoms with van der Waals surface area (Å²) in [5.74, 6) is -0.666. The minimum Gasteiger partial charge on any atom is -0.274 e. The van der Waals surface area contributed by atoms with Crippen LogP contribution in [0.2, 0.25) is 15.2 Å². The second-order valence-corrected chi connectivity index (χ2v) is 4.70. The predicted octanol–water partition coefficient (Wildman–Crippen LogP) is 3.00. The summed E-state index contributed by atoms with van der Waals surface area (Å²) in [4.78, 5) is 28.2. The average molecular weight is 294 g/mol. The van der Waals surface area contributed by atoms with E-state index in [1.54, 1.807) is 6.92 Å². The molecule has 2 rings (SSSR count). The number of aryl methyl sites for hydroxylation is 1. The fraction of sp³-hybridized carbons (Fsp3) is 0.300. The number of hydrogen-bond donors (Lipinski definition) is 0. The van der Waals surface area contributed by atoms with Crippen LogP contribution in [-0.2, 0) is 9.59 Å². The molecule has 0 bridgehead atoms. The van der Waals surface area contributed by atoms with Crippen LogP contribution in [0.15, 0.2) is 0 Å². The second-order valence-electron chi connectivity index (χ2n) is 3.59. The van der Waals surface area contributed by atoms with E-state index in [9.17, 15) is 9.59 Å². The van der Waals surface area contributed by atoms with E-state index in [1.807, 2.05) is 0 Å². The van der Waals surface area contributed by atoms with Crippen molar-refractivity contribution in [1.29, 1.82) is 0 Å². The Morgan fingerprint density at radius 1 is 1.06 bits per heavy atom. The van der Waals surface area contributed by atoms with Gasteiger partial charge in [0.1, 0.15) is 10.2 Å². The molecule has 1 aliphatic rings. The first kappa shape index (κ1) is 12.6. The monoisotopic (exact) mass is 292 g/mol. The molecule has 0 aliphatic carbocycles. The Morgan fingerprint density at radius 2 is 1.59 bits per heavy atom. The Kier molecular flexibility index (Phi) is 3.30. The largest absolute Gasteiger partial charge is 0.274 e. The van der Waals surface area contributed by atoms with Gasteiger partial charge in [-0.3, -0.25) is 9.59 Å². The van der Waals surface area contributed by atoms with Crippen LogP contribution in [0, 0.1) is 6.92 Å². The van der Waals surface area contributed by atoms with Crippen molar-refractivity contribution in [1.82, 2.24) is 4.98 Å². The van der Waals surface area contributed by atoms with Gasteiger partial charge < -0.3 is 0 Å². The average Bonchev–Trinajstić information content (AvgIpc) is 2.58. The van der Waals surface area contributed by atoms with Gasteiger partial charge in [-0.2, -0.15) is 0 Å². The summed E-state index contributed by atoms with van der Waals surface area (Å²) < 4.78 is 0. The van der Waals surface area contributed by atoms with E-state index < -0.39 is 0 Å². The van der Waals surface area contributed by atoms with Gasteiger partial charge in [0.15, 0.2) is 0 Å². The van der Waals surface area contributed by atoms with E-state index in [1.165, 1.54) is 0 Å². The van der Waals surface area contributed by atoms with Crippen molar-refractivity contribution in [3.05, 3.63) is 20.9 Å². The minimum atomic E-state index is -0.333. The molecule has 0 saturated carbocycles. The Hall–Kier alpha value is -0.840. The van der Waals surface area contributed by atoms with Crippen molar-refractivity contribution in [3.63, 3.8) is 0 Å². The van der Waals surface area contributed by atoms with Crippen LogP contribution in [-0.4, -0.2) is 16.8 Å². The molecule has 1 aliphatic heterocycles. The number of rotatable bonds is 1. The first-order chi connectivity index (χ1) is 7.93. The zero-order valence-electron chi connectivity index (χ0n) is 8.76. The van der Waals surface area contributed by atoms with Gasteiger partial charge in [-0.25, -0.2) is 9.88 Å². The third kappa shape index (κ3) is 2.01. The van der Waals surface area contributed by atoms with Gasteiger partial charge in [0.2, 0.25) is 11.8 Å². The molecular weight excluding hydrogens is 286 g/mol. The Morgan fingerprint density at radius 3 is 2.12 bits per heavy atom. The molecule has 0 radical (unpaired) electrons. The Balaban J connectivity index is 2.66. The van der Waals surface area contributed by atoms with E-state index in [0.717, 1.165) is 4.90 Å². The van der Waals surface area contributed by atoms with Crippen molar-refractivity contribution in [2.24, 2.45) is 0 Å². The highest BCUT2D eigenvalue weighted by molar-refractivity contribution is 6.47. The van der Waals surface area contributed by atoms with Crippen LogP contribution in [0.1, 0.15) is 18.5 Å². The number of anilines is 1. The fourth-order valence-electron chi connectivity index (χ4n) is 1.63. The highest BCUT2D eigenvalue weighted by Gasteiger charge is 2.34. The first-order valence-electron chi connectivity index (χ1n) is 4.80. The van der Waals surface area contributed by atoms with Crippen molar-refractivity contribution in [3.8, 4) is 0 Å². The van der Waals surface area contributed by atoms with Gasteiger partial charge >= 0.3 is 0 Å². The molecule has 0 aromatic carbocycles. The molecule has 90 valence electrons. The van der Waals surface area contributed by atoms with E-state index >= 15 is 0 Å². The van der Waals surface area contributed by atoms with Crippen LogP contribution < -0.4 is 4.90 Å². The summed E-state index contributed by atoms with van der Waals surface area (Å²) in [6, 6.07) is 0. The van der Waals surface area contributed by atoms with Crippen LogP contribution in [0.25, 0.3) is 0 Å². The Bertz CT molecular complexity index is 489. The first-order valence-corrected chi connectivity index (χ1v) is 5.93. The molecule has 17 heavy (non-hydrogen) atoms. The maximum Gasteiger partial charge on any atom is 0.234 e. The van der Waals surface area contributed by atoms with E-state index in [4.69, 9.17) is 34.8 Å². The minimum absolute atomic E-state index is 0.0193. The number of hydrogen-bond acceptors (Lipinski definition) is 3. The van der Waals surface area contributed by atoms with Crippen LogP contribution >= 0.6 is 34.8 Å². The van der Waals surface area contributed by atoms with Gasteiger partial charge in [0, 0.05) is 12.8 Å². The van der Waals surface area contributed by atoms with Crippen molar-refractivity contribution >= 4 is 52.3 Å². The highest BCUT2D eigenvalue weighted by atomic mass is 35.5. The predicted molar refractivity (Wildman–Crippen MR) is 65.7 cm³/mol. The lowest BCUT2D eigenvalue weighted by Crippen LogP contribution is -2.29. The van der Waals surface area contributed by atoms with Crippen LogP contribution in [0.3, 0.4) is 0 Å². The SMILES string of the molecule is Cc1nc(Cl)c(Cl)c(N2C(=O)CCC2=O)c1Cl. The Labute approximate surface area is 112 Å². The second kappa shape index (κ2) is 4.44. The zero-order valence-corrected chi connectivity index (χ0v) is 11.0. The summed E-state index contributed by atoms with van der Waals surface area (Å²) in [5.41, 5.74) is 0.557. The number of imide groups is 1. The fourth-order valence-corrected chi connectivity index (χ4v) is 2.34. The molecule has 1 aromatic heterocycles. The molecular formula is C10H7Cl3N2O2. The molecule has 0 N–H and O–H groups in total. The van der Waals surface area contributed by atoms with Crippen molar-refractivity contribution in [2.45, 2.75) is 19.8 Å². The molecule has 1 saturated heterocycles. The number of pyridine rings is 1. The van der Waals surface area contributed by atoms with Crippen LogP contribution in [0.4, 0.5) is 5.69 Å². The third-order valence-corrected chi connectivity index (χ3v) is 3.64. The standard InChI is InChI=1S/C10H7Cl3N2O2/c1-4-7(11)9(8(12)10(13)14-4)15-5(16)2-3-6(15)17/h2-3H2,1H3. The molecule has 1 aromatic rings. The molecule has 4 nitrogen and oxygen atoms in total. The zero-order chi connectivity index (χ0) is 12.7. The third-order valence-electron chi connectivity index (χ3n) is 2.46. The number of carbonyl (C=O) groups excluding carboxylic acids is 2. The smallest absolute Gasteiger partial charge is 0.234 e. The molecule has 0 unspecified atom stereocenters. The molecule has 2 amide bonds. The lowest BCUT2D eigenvalue weighted by atomic mass is 10.3. The van der Waals surface area contributed by atoms with Gasteiger partial charge in [-0.05, 0) is 6.92 Å². The number of amides is 2. The molecule has 2 heterocycles. The quantitative estimate of drug-likeness (QED) is 0.591. The van der Waals surface area contributed by atoms with E-state index in [0.29, 0.717) is 5.69 Å².